The van der Waals surface area contributed by atoms with Gasteiger partial charge < -0.3 is 10.6 Å². The van der Waals surface area contributed by atoms with Crippen molar-refractivity contribution in [2.75, 3.05) is 13.1 Å². The lowest BCUT2D eigenvalue weighted by Gasteiger charge is -2.15. The van der Waals surface area contributed by atoms with Gasteiger partial charge in [0.1, 0.15) is 0 Å². The molecule has 0 aromatic carbocycles. The van der Waals surface area contributed by atoms with E-state index in [9.17, 15) is 0 Å². The second-order valence-corrected chi connectivity index (χ2v) is 2.89. The Morgan fingerprint density at radius 2 is 1.67 bits per heavy atom. The van der Waals surface area contributed by atoms with E-state index >= 15 is 0 Å². The zero-order valence-electron chi connectivity index (χ0n) is 6.70. The molecule has 0 saturated heterocycles. The standard InChI is InChI=1S/C6H18N2Si/c1-3-7-6(5-9)8-4-2/h6-8H,3-5H2,1-2,9H3. The minimum Gasteiger partial charge on any atom is -0.302 e. The van der Waals surface area contributed by atoms with Crippen LogP contribution >= 0.6 is 0 Å². The summed E-state index contributed by atoms with van der Waals surface area (Å²) in [7, 11) is 1.28. The van der Waals surface area contributed by atoms with Crippen LogP contribution in [0.3, 0.4) is 0 Å². The number of hydrogen-bond acceptors (Lipinski definition) is 2. The molecule has 0 radical (unpaired) electrons. The van der Waals surface area contributed by atoms with Crippen molar-refractivity contribution in [1.82, 2.24) is 10.6 Å². The molecule has 0 heterocycles. The predicted molar refractivity (Wildman–Crippen MR) is 45.9 cm³/mol. The van der Waals surface area contributed by atoms with E-state index < -0.39 is 0 Å². The molecule has 0 bridgehead atoms. The van der Waals surface area contributed by atoms with Crippen LogP contribution in [0.4, 0.5) is 0 Å². The van der Waals surface area contributed by atoms with Crippen LogP contribution in [0.2, 0.25) is 6.04 Å². The van der Waals surface area contributed by atoms with E-state index in [1.165, 1.54) is 16.3 Å². The summed E-state index contributed by atoms with van der Waals surface area (Å²) in [6.45, 7) is 6.42. The van der Waals surface area contributed by atoms with Gasteiger partial charge in [-0.1, -0.05) is 13.8 Å². The number of hydrogen-bond donors (Lipinski definition) is 2. The van der Waals surface area contributed by atoms with Crippen molar-refractivity contribution in [3.05, 3.63) is 0 Å². The Hall–Kier alpha value is 0.137. The molecule has 0 fully saturated rings. The fourth-order valence-electron chi connectivity index (χ4n) is 0.854. The normalized spacial score (nSPS) is 11.0. The summed E-state index contributed by atoms with van der Waals surface area (Å²) in [6, 6.07) is 1.29. The van der Waals surface area contributed by atoms with Crippen LogP contribution < -0.4 is 10.6 Å². The van der Waals surface area contributed by atoms with E-state index in [-0.39, 0.29) is 0 Å². The third kappa shape index (κ3) is 4.63. The predicted octanol–water partition coefficient (Wildman–Crippen LogP) is -0.685. The van der Waals surface area contributed by atoms with Gasteiger partial charge in [-0.25, -0.2) is 0 Å². The molecule has 0 aliphatic heterocycles. The number of rotatable bonds is 5. The van der Waals surface area contributed by atoms with Crippen molar-refractivity contribution < 1.29 is 0 Å². The monoisotopic (exact) mass is 146 g/mol. The minimum atomic E-state index is 0.576. The maximum absolute atomic E-state index is 3.36. The summed E-state index contributed by atoms with van der Waals surface area (Å²) >= 11 is 0. The minimum absolute atomic E-state index is 0.576. The second-order valence-electron chi connectivity index (χ2n) is 2.08. The van der Waals surface area contributed by atoms with Crippen molar-refractivity contribution >= 4 is 10.2 Å². The summed E-state index contributed by atoms with van der Waals surface area (Å²) in [5.41, 5.74) is 0. The lowest BCUT2D eigenvalue weighted by Crippen LogP contribution is -2.41. The van der Waals surface area contributed by atoms with Gasteiger partial charge in [0.2, 0.25) is 0 Å². The Bertz CT molecular complexity index is 53.0. The van der Waals surface area contributed by atoms with E-state index in [1.807, 2.05) is 0 Å². The van der Waals surface area contributed by atoms with Crippen LogP contribution in [-0.4, -0.2) is 29.5 Å². The van der Waals surface area contributed by atoms with Gasteiger partial charge >= 0.3 is 0 Å². The molecule has 0 aliphatic rings. The van der Waals surface area contributed by atoms with Crippen LogP contribution in [-0.2, 0) is 0 Å². The molecule has 0 amide bonds. The third-order valence-corrected chi connectivity index (χ3v) is 2.13. The molecule has 0 aromatic heterocycles. The van der Waals surface area contributed by atoms with Crippen molar-refractivity contribution in [3.8, 4) is 0 Å². The van der Waals surface area contributed by atoms with Gasteiger partial charge in [0.15, 0.2) is 0 Å². The Balaban J connectivity index is 3.18. The van der Waals surface area contributed by atoms with Gasteiger partial charge in [0.25, 0.3) is 0 Å². The van der Waals surface area contributed by atoms with Gasteiger partial charge in [0.05, 0.1) is 6.17 Å². The van der Waals surface area contributed by atoms with Crippen molar-refractivity contribution in [2.24, 2.45) is 0 Å². The highest BCUT2D eigenvalue weighted by atomic mass is 28.1. The third-order valence-electron chi connectivity index (χ3n) is 1.31. The van der Waals surface area contributed by atoms with Crippen LogP contribution in [0, 0.1) is 0 Å². The molecule has 0 rings (SSSR count). The molecule has 0 atom stereocenters. The lowest BCUT2D eigenvalue weighted by molar-refractivity contribution is 0.478. The highest BCUT2D eigenvalue weighted by Gasteiger charge is 1.98. The van der Waals surface area contributed by atoms with Crippen molar-refractivity contribution in [2.45, 2.75) is 26.1 Å². The first-order chi connectivity index (χ1) is 4.35. The topological polar surface area (TPSA) is 24.1 Å². The first kappa shape index (κ1) is 9.14. The highest BCUT2D eigenvalue weighted by Crippen LogP contribution is 1.80. The molecule has 9 heavy (non-hydrogen) atoms. The summed E-state index contributed by atoms with van der Waals surface area (Å²) in [6.07, 6.45) is 0.576. The summed E-state index contributed by atoms with van der Waals surface area (Å²) < 4.78 is 0. The molecule has 0 unspecified atom stereocenters. The van der Waals surface area contributed by atoms with Crippen molar-refractivity contribution in [3.63, 3.8) is 0 Å². The summed E-state index contributed by atoms with van der Waals surface area (Å²) in [4.78, 5) is 0. The molecule has 0 spiro atoms. The molecule has 0 saturated carbocycles. The zero-order valence-corrected chi connectivity index (χ0v) is 8.70. The van der Waals surface area contributed by atoms with E-state index in [0.717, 1.165) is 13.1 Å². The van der Waals surface area contributed by atoms with E-state index in [0.29, 0.717) is 6.17 Å². The van der Waals surface area contributed by atoms with E-state index in [1.54, 1.807) is 0 Å². The van der Waals surface area contributed by atoms with Crippen LogP contribution in [0.15, 0.2) is 0 Å². The van der Waals surface area contributed by atoms with Crippen LogP contribution in [0.25, 0.3) is 0 Å². The molecule has 2 N–H and O–H groups in total. The zero-order chi connectivity index (χ0) is 7.11. The average molecular weight is 146 g/mol. The van der Waals surface area contributed by atoms with Crippen LogP contribution in [0.1, 0.15) is 13.8 Å². The van der Waals surface area contributed by atoms with Crippen LogP contribution in [0.5, 0.6) is 0 Å². The quantitative estimate of drug-likeness (QED) is 0.396. The lowest BCUT2D eigenvalue weighted by atomic mass is 10.5. The van der Waals surface area contributed by atoms with Gasteiger partial charge in [0, 0.05) is 10.2 Å². The van der Waals surface area contributed by atoms with E-state index in [2.05, 4.69) is 24.5 Å². The fraction of sp³-hybridized carbons (Fsp3) is 1.00. The van der Waals surface area contributed by atoms with E-state index in [4.69, 9.17) is 0 Å². The Labute approximate surface area is 60.8 Å². The fourth-order valence-corrected chi connectivity index (χ4v) is 1.43. The maximum atomic E-state index is 3.36. The van der Waals surface area contributed by atoms with Gasteiger partial charge in [-0.15, -0.1) is 0 Å². The maximum Gasteiger partial charge on any atom is 0.0539 e. The Morgan fingerprint density at radius 3 is 1.89 bits per heavy atom. The first-order valence-corrected chi connectivity index (χ1v) is 5.23. The van der Waals surface area contributed by atoms with Crippen molar-refractivity contribution in [1.29, 1.82) is 0 Å². The molecular weight excluding hydrogens is 128 g/mol. The average Bonchev–Trinajstić information content (AvgIpc) is 1.88. The number of nitrogens with one attached hydrogen (secondary N) is 2. The Morgan fingerprint density at radius 1 is 1.22 bits per heavy atom. The van der Waals surface area contributed by atoms with Gasteiger partial charge in [-0.2, -0.15) is 0 Å². The van der Waals surface area contributed by atoms with Gasteiger partial charge in [-0.05, 0) is 19.1 Å². The largest absolute Gasteiger partial charge is 0.302 e. The first-order valence-electron chi connectivity index (χ1n) is 3.81. The van der Waals surface area contributed by atoms with Gasteiger partial charge in [-0.3, -0.25) is 0 Å². The molecule has 0 aliphatic carbocycles. The molecule has 3 heteroatoms. The molecule has 0 aromatic rings. The SMILES string of the molecule is CCNC(C[SiH3])NCC. The summed E-state index contributed by atoms with van der Waals surface area (Å²) in [5.74, 6) is 0. The molecule has 56 valence electrons. The Kier molecular flexibility index (Phi) is 6.35. The summed E-state index contributed by atoms with van der Waals surface area (Å²) in [5, 5.41) is 6.71. The highest BCUT2D eigenvalue weighted by molar-refractivity contribution is 6.08. The molecule has 2 nitrogen and oxygen atoms in total. The second kappa shape index (κ2) is 6.26. The molecular formula is C6H18N2Si. The smallest absolute Gasteiger partial charge is 0.0539 e.